The zero-order valence-electron chi connectivity index (χ0n) is 18.3. The highest BCUT2D eigenvalue weighted by atomic mass is 16.6. The van der Waals surface area contributed by atoms with Crippen LogP contribution >= 0.6 is 0 Å². The van der Waals surface area contributed by atoms with E-state index in [0.717, 1.165) is 0 Å². The number of carbonyl (C=O) groups is 3. The number of imide groups is 1. The van der Waals surface area contributed by atoms with Crippen molar-refractivity contribution in [2.45, 2.75) is 18.6 Å². The molecule has 2 atom stereocenters. The number of para-hydroxylation sites is 2. The summed E-state index contributed by atoms with van der Waals surface area (Å²) in [6, 6.07) is 13.6. The molecule has 0 N–H and O–H groups in total. The molecule has 0 spiro atoms. The second kappa shape index (κ2) is 8.74. The lowest BCUT2D eigenvalue weighted by atomic mass is 10.1. The molecule has 2 aromatic rings. The van der Waals surface area contributed by atoms with Crippen molar-refractivity contribution in [1.82, 2.24) is 9.80 Å². The molecule has 2 fully saturated rings. The fraction of sp³-hybridized carbons (Fsp3) is 0.375. The van der Waals surface area contributed by atoms with Crippen molar-refractivity contribution in [3.05, 3.63) is 48.5 Å². The highest BCUT2D eigenvalue weighted by molar-refractivity contribution is 6.22. The average molecular weight is 451 g/mol. The van der Waals surface area contributed by atoms with Crippen LogP contribution in [0.15, 0.2) is 48.5 Å². The minimum absolute atomic E-state index is 0.127. The smallest absolute Gasteiger partial charge is 0.267 e. The normalized spacial score (nSPS) is 23.1. The molecule has 0 radical (unpaired) electrons. The summed E-state index contributed by atoms with van der Waals surface area (Å²) < 4.78 is 16.7. The fourth-order valence-corrected chi connectivity index (χ4v) is 4.50. The van der Waals surface area contributed by atoms with Crippen molar-refractivity contribution in [3.63, 3.8) is 0 Å². The van der Waals surface area contributed by atoms with Crippen LogP contribution < -0.4 is 19.1 Å². The number of nitrogens with zero attached hydrogens (tertiary/aromatic N) is 3. The van der Waals surface area contributed by atoms with Gasteiger partial charge in [0.05, 0.1) is 25.3 Å². The topological polar surface area (TPSA) is 88.6 Å². The zero-order chi connectivity index (χ0) is 22.9. The van der Waals surface area contributed by atoms with Crippen LogP contribution in [0.2, 0.25) is 0 Å². The van der Waals surface area contributed by atoms with Crippen molar-refractivity contribution < 1.29 is 28.6 Å². The molecular weight excluding hydrogens is 426 g/mol. The van der Waals surface area contributed by atoms with Crippen LogP contribution in [-0.4, -0.2) is 79.6 Å². The van der Waals surface area contributed by atoms with E-state index in [2.05, 4.69) is 0 Å². The molecule has 9 heteroatoms. The summed E-state index contributed by atoms with van der Waals surface area (Å²) in [7, 11) is 1.56. The Hall–Kier alpha value is -3.59. The highest BCUT2D eigenvalue weighted by Gasteiger charge is 2.44. The van der Waals surface area contributed by atoms with Crippen molar-refractivity contribution >= 4 is 23.4 Å². The predicted octanol–water partition coefficient (Wildman–Crippen LogP) is 1.31. The fourth-order valence-electron chi connectivity index (χ4n) is 4.50. The number of ether oxygens (including phenoxy) is 3. The molecule has 9 nitrogen and oxygen atoms in total. The van der Waals surface area contributed by atoms with Gasteiger partial charge in [-0.25, -0.2) is 4.90 Å². The summed E-state index contributed by atoms with van der Waals surface area (Å²) in [5.41, 5.74) is 0.539. The van der Waals surface area contributed by atoms with Crippen LogP contribution in [0.5, 0.6) is 17.2 Å². The Morgan fingerprint density at radius 1 is 0.970 bits per heavy atom. The third kappa shape index (κ3) is 4.00. The molecule has 33 heavy (non-hydrogen) atoms. The Morgan fingerprint density at radius 2 is 1.67 bits per heavy atom. The monoisotopic (exact) mass is 451 g/mol. The molecule has 5 rings (SSSR count). The largest absolute Gasteiger partial charge is 0.497 e. The number of rotatable bonds is 4. The number of hydrogen-bond donors (Lipinski definition) is 0. The summed E-state index contributed by atoms with van der Waals surface area (Å²) in [4.78, 5) is 43.6. The van der Waals surface area contributed by atoms with Crippen LogP contribution in [0.4, 0.5) is 5.69 Å². The number of hydrogen-bond acceptors (Lipinski definition) is 7. The molecule has 0 aromatic heterocycles. The van der Waals surface area contributed by atoms with Gasteiger partial charge >= 0.3 is 0 Å². The van der Waals surface area contributed by atoms with Gasteiger partial charge in [0.2, 0.25) is 12.0 Å². The third-order valence-corrected chi connectivity index (χ3v) is 6.30. The molecule has 172 valence electrons. The lowest BCUT2D eigenvalue weighted by Gasteiger charge is -2.38. The number of methoxy groups -OCH3 is 1. The van der Waals surface area contributed by atoms with Gasteiger partial charge in [0.15, 0.2) is 11.5 Å². The molecule has 2 saturated heterocycles. The Morgan fingerprint density at radius 3 is 2.36 bits per heavy atom. The summed E-state index contributed by atoms with van der Waals surface area (Å²) in [5.74, 6) is 1.28. The second-order valence-electron chi connectivity index (χ2n) is 8.21. The van der Waals surface area contributed by atoms with Gasteiger partial charge in [0.1, 0.15) is 12.4 Å². The summed E-state index contributed by atoms with van der Waals surface area (Å²) >= 11 is 0. The van der Waals surface area contributed by atoms with Gasteiger partial charge in [-0.05, 0) is 36.4 Å². The maximum atomic E-state index is 13.1. The maximum Gasteiger partial charge on any atom is 0.267 e. The highest BCUT2D eigenvalue weighted by Crippen LogP contribution is 2.32. The molecule has 0 saturated carbocycles. The van der Waals surface area contributed by atoms with E-state index in [1.807, 2.05) is 23.1 Å². The average Bonchev–Trinajstić information content (AvgIpc) is 3.17. The molecule has 3 heterocycles. The number of piperazine rings is 1. The lowest BCUT2D eigenvalue weighted by Crippen LogP contribution is -2.57. The lowest BCUT2D eigenvalue weighted by molar-refractivity contribution is -0.143. The van der Waals surface area contributed by atoms with Crippen molar-refractivity contribution in [2.75, 3.05) is 44.8 Å². The molecule has 3 aliphatic heterocycles. The van der Waals surface area contributed by atoms with Gasteiger partial charge in [-0.2, -0.15) is 0 Å². The van der Waals surface area contributed by atoms with Gasteiger partial charge in [-0.3, -0.25) is 19.3 Å². The number of benzene rings is 2. The van der Waals surface area contributed by atoms with E-state index in [1.54, 1.807) is 42.3 Å². The van der Waals surface area contributed by atoms with Crippen LogP contribution in [-0.2, 0) is 14.4 Å². The van der Waals surface area contributed by atoms with E-state index < -0.39 is 12.1 Å². The van der Waals surface area contributed by atoms with E-state index in [4.69, 9.17) is 14.2 Å². The summed E-state index contributed by atoms with van der Waals surface area (Å²) in [6.07, 6.45) is -0.554. The molecule has 0 bridgehead atoms. The molecule has 0 aliphatic carbocycles. The molecular formula is C24H25N3O6. The van der Waals surface area contributed by atoms with Crippen molar-refractivity contribution in [1.29, 1.82) is 0 Å². The number of anilines is 1. The maximum absolute atomic E-state index is 13.1. The first-order valence-corrected chi connectivity index (χ1v) is 11.0. The number of carbonyl (C=O) groups excluding carboxylic acids is 3. The van der Waals surface area contributed by atoms with E-state index in [-0.39, 0.29) is 30.7 Å². The van der Waals surface area contributed by atoms with Gasteiger partial charge in [-0.15, -0.1) is 0 Å². The first-order chi connectivity index (χ1) is 16.0. The SMILES string of the molecule is COc1ccc(N2C(=O)C[C@H](N3CCN(C(=O)[C@H]4COc5ccccc5O4)CC3)C2=O)cc1. The van der Waals surface area contributed by atoms with Gasteiger partial charge in [0.25, 0.3) is 11.8 Å². The Balaban J connectivity index is 1.19. The summed E-state index contributed by atoms with van der Waals surface area (Å²) in [5, 5.41) is 0. The Bertz CT molecular complexity index is 1060. The van der Waals surface area contributed by atoms with Gasteiger partial charge < -0.3 is 19.1 Å². The molecule has 3 amide bonds. The Labute approximate surface area is 191 Å². The van der Waals surface area contributed by atoms with Crippen LogP contribution in [0.1, 0.15) is 6.42 Å². The van der Waals surface area contributed by atoms with E-state index in [0.29, 0.717) is 49.1 Å². The van der Waals surface area contributed by atoms with Crippen LogP contribution in [0.25, 0.3) is 0 Å². The van der Waals surface area contributed by atoms with Crippen LogP contribution in [0.3, 0.4) is 0 Å². The summed E-state index contributed by atoms with van der Waals surface area (Å²) in [6.45, 7) is 2.11. The standard InChI is InChI=1S/C24H25N3O6/c1-31-17-8-6-16(7-9-17)27-22(28)14-18(23(27)29)25-10-12-26(13-11-25)24(30)21-15-32-19-4-2-3-5-20(19)33-21/h2-9,18,21H,10-15H2,1H3/t18-,21+/m0/s1. The zero-order valence-corrected chi connectivity index (χ0v) is 18.3. The molecule has 0 unspecified atom stereocenters. The number of fused-ring (bicyclic) bond motifs is 1. The minimum Gasteiger partial charge on any atom is -0.497 e. The minimum atomic E-state index is -0.688. The molecule has 3 aliphatic rings. The quantitative estimate of drug-likeness (QED) is 0.648. The van der Waals surface area contributed by atoms with Gasteiger partial charge in [-0.1, -0.05) is 12.1 Å². The van der Waals surface area contributed by atoms with E-state index in [1.165, 1.54) is 4.90 Å². The van der Waals surface area contributed by atoms with Crippen LogP contribution in [0, 0.1) is 0 Å². The third-order valence-electron chi connectivity index (χ3n) is 6.30. The molecule has 2 aromatic carbocycles. The Kier molecular flexibility index (Phi) is 5.63. The van der Waals surface area contributed by atoms with Crippen molar-refractivity contribution in [2.24, 2.45) is 0 Å². The first kappa shape index (κ1) is 21.3. The van der Waals surface area contributed by atoms with E-state index >= 15 is 0 Å². The first-order valence-electron chi connectivity index (χ1n) is 11.0. The van der Waals surface area contributed by atoms with E-state index in [9.17, 15) is 14.4 Å². The number of amides is 3. The van der Waals surface area contributed by atoms with Gasteiger partial charge in [0, 0.05) is 26.2 Å². The second-order valence-corrected chi connectivity index (χ2v) is 8.21. The van der Waals surface area contributed by atoms with Crippen molar-refractivity contribution in [3.8, 4) is 17.2 Å². The predicted molar refractivity (Wildman–Crippen MR) is 118 cm³/mol.